The molecule has 2 aromatic heterocycles. The van der Waals surface area contributed by atoms with Gasteiger partial charge in [-0.1, -0.05) is 0 Å². The van der Waals surface area contributed by atoms with E-state index in [0.29, 0.717) is 22.8 Å². The molecule has 2 aromatic carbocycles. The molecule has 4 aromatic rings. The molecule has 0 amide bonds. The Balaban J connectivity index is 1.88. The summed E-state index contributed by atoms with van der Waals surface area (Å²) in [6.45, 7) is 7.75. The monoisotopic (exact) mass is 386 g/mol. The Morgan fingerprint density at radius 1 is 1.14 bits per heavy atom. The molecule has 6 nitrogen and oxygen atoms in total. The van der Waals surface area contributed by atoms with Gasteiger partial charge in [0.25, 0.3) is 0 Å². The molecule has 1 aliphatic heterocycles. The highest BCUT2D eigenvalue weighted by Gasteiger charge is 2.37. The maximum atomic E-state index is 15.4. The highest BCUT2D eigenvalue weighted by atomic mass is 19.1. The molecule has 5 rings (SSSR count). The minimum absolute atomic E-state index is 0.349. The van der Waals surface area contributed by atoms with Crippen molar-refractivity contribution >= 4 is 16.6 Å². The van der Waals surface area contributed by atoms with Gasteiger partial charge >= 0.3 is 0 Å². The zero-order chi connectivity index (χ0) is 20.5. The molecule has 0 saturated heterocycles. The van der Waals surface area contributed by atoms with Crippen LogP contribution in [0.25, 0.3) is 27.7 Å². The first-order valence-electron chi connectivity index (χ1n) is 9.37. The number of aromatic amines is 1. The van der Waals surface area contributed by atoms with E-state index in [1.165, 1.54) is 0 Å². The lowest BCUT2D eigenvalue weighted by Crippen LogP contribution is -2.37. The predicted octanol–water partition coefficient (Wildman–Crippen LogP) is 4.70. The summed E-state index contributed by atoms with van der Waals surface area (Å²) in [4.78, 5) is 3.15. The average molecular weight is 386 g/mol. The van der Waals surface area contributed by atoms with Crippen LogP contribution in [0.3, 0.4) is 0 Å². The van der Waals surface area contributed by atoms with Gasteiger partial charge in [0.1, 0.15) is 11.6 Å². The molecule has 29 heavy (non-hydrogen) atoms. The molecule has 0 aliphatic carbocycles. The highest BCUT2D eigenvalue weighted by Crippen LogP contribution is 2.44. The second kappa shape index (κ2) is 5.67. The number of fused-ring (bicyclic) bond motifs is 4. The molecule has 1 aliphatic rings. The van der Waals surface area contributed by atoms with Gasteiger partial charge in [0.15, 0.2) is 5.82 Å². The number of nitrogens with zero attached hydrogens (tertiary/aromatic N) is 4. The fraction of sp³-hybridized carbons (Fsp3) is 0.227. The fourth-order valence-electron chi connectivity index (χ4n) is 4.27. The second-order valence-electron chi connectivity index (χ2n) is 7.99. The van der Waals surface area contributed by atoms with E-state index in [9.17, 15) is 5.26 Å². The number of aromatic nitrogens is 4. The van der Waals surface area contributed by atoms with Gasteiger partial charge in [0.05, 0.1) is 28.5 Å². The highest BCUT2D eigenvalue weighted by molar-refractivity contribution is 5.98. The summed E-state index contributed by atoms with van der Waals surface area (Å²) < 4.78 is 17.3. The van der Waals surface area contributed by atoms with Crippen LogP contribution in [0, 0.1) is 31.0 Å². The van der Waals surface area contributed by atoms with Crippen LogP contribution >= 0.6 is 0 Å². The third-order valence-electron chi connectivity index (χ3n) is 5.64. The van der Waals surface area contributed by atoms with Gasteiger partial charge in [-0.05, 0) is 68.7 Å². The fourth-order valence-corrected chi connectivity index (χ4v) is 4.27. The van der Waals surface area contributed by atoms with E-state index in [1.807, 2.05) is 50.6 Å². The second-order valence-corrected chi connectivity index (χ2v) is 7.99. The number of H-pyrrole nitrogens is 1. The maximum Gasteiger partial charge on any atom is 0.162 e. The molecule has 0 saturated carbocycles. The number of aryl methyl sites for hydroxylation is 1. The van der Waals surface area contributed by atoms with Crippen molar-refractivity contribution in [2.24, 2.45) is 0 Å². The van der Waals surface area contributed by atoms with Crippen LogP contribution in [0.1, 0.15) is 36.6 Å². The van der Waals surface area contributed by atoms with Crippen LogP contribution in [0.4, 0.5) is 10.1 Å². The van der Waals surface area contributed by atoms with Gasteiger partial charge in [-0.3, -0.25) is 4.57 Å². The number of hydrogen-bond donors (Lipinski definition) is 2. The third-order valence-corrected chi connectivity index (χ3v) is 5.64. The summed E-state index contributed by atoms with van der Waals surface area (Å²) >= 11 is 0. The lowest BCUT2D eigenvalue weighted by atomic mass is 9.91. The van der Waals surface area contributed by atoms with E-state index < -0.39 is 5.54 Å². The number of halogens is 1. The Morgan fingerprint density at radius 3 is 2.69 bits per heavy atom. The summed E-state index contributed by atoms with van der Waals surface area (Å²) in [5.41, 5.74) is 4.41. The lowest BCUT2D eigenvalue weighted by Gasteiger charge is -2.35. The van der Waals surface area contributed by atoms with Crippen LogP contribution < -0.4 is 5.32 Å². The van der Waals surface area contributed by atoms with Crippen LogP contribution in [-0.4, -0.2) is 19.7 Å². The van der Waals surface area contributed by atoms with Gasteiger partial charge in [-0.2, -0.15) is 5.26 Å². The summed E-state index contributed by atoms with van der Waals surface area (Å²) in [6, 6.07) is 9.30. The number of benzene rings is 2. The van der Waals surface area contributed by atoms with Crippen molar-refractivity contribution in [3.05, 3.63) is 59.1 Å². The smallest absolute Gasteiger partial charge is 0.162 e. The van der Waals surface area contributed by atoms with Gasteiger partial charge in [-0.15, -0.1) is 10.2 Å². The number of rotatable bonds is 1. The van der Waals surface area contributed by atoms with Gasteiger partial charge in [0, 0.05) is 17.1 Å². The molecule has 2 N–H and O–H groups in total. The number of nitrogens with one attached hydrogen (secondary N) is 2. The molecular formula is C22H19FN6. The normalized spacial score (nSPS) is 14.2. The molecule has 144 valence electrons. The average Bonchev–Trinajstić information content (AvgIpc) is 3.31. The first-order valence-corrected chi connectivity index (χ1v) is 9.37. The van der Waals surface area contributed by atoms with Gasteiger partial charge in [-0.25, -0.2) is 4.39 Å². The molecule has 3 heterocycles. The Morgan fingerprint density at radius 2 is 1.93 bits per heavy atom. The van der Waals surface area contributed by atoms with Crippen LogP contribution in [0.5, 0.6) is 0 Å². The minimum Gasteiger partial charge on any atom is -0.369 e. The summed E-state index contributed by atoms with van der Waals surface area (Å²) in [5, 5.41) is 22.2. The zero-order valence-electron chi connectivity index (χ0n) is 16.6. The molecule has 0 unspecified atom stereocenters. The standard InChI is InChI=1S/C22H19FN6/c1-11-15(16-7-13(10-24)8-18-14(16)5-6-25-18)9-17(23)19-20(11)29-12(2)27-28-21(29)22(3,4)26-19/h5-9,25-26H,1-4H3. The zero-order valence-corrected chi connectivity index (χ0v) is 16.6. The lowest BCUT2D eigenvalue weighted by molar-refractivity contribution is 0.521. The first-order chi connectivity index (χ1) is 13.8. The van der Waals surface area contributed by atoms with Crippen molar-refractivity contribution < 1.29 is 4.39 Å². The number of anilines is 1. The van der Waals surface area contributed by atoms with Crippen LogP contribution in [0.15, 0.2) is 30.5 Å². The maximum absolute atomic E-state index is 15.4. The van der Waals surface area contributed by atoms with Gasteiger partial charge < -0.3 is 10.3 Å². The summed E-state index contributed by atoms with van der Waals surface area (Å²) in [7, 11) is 0. The number of hydrogen-bond acceptors (Lipinski definition) is 4. The first kappa shape index (κ1) is 17.4. The Bertz CT molecular complexity index is 1350. The van der Waals surface area contributed by atoms with E-state index in [-0.39, 0.29) is 5.82 Å². The van der Waals surface area contributed by atoms with Crippen molar-refractivity contribution in [3.63, 3.8) is 0 Å². The SMILES string of the molecule is Cc1c(-c2cc(C#N)cc3[nH]ccc23)cc(F)c2c1-n1c(C)nnc1C(C)(C)N2. The summed E-state index contributed by atoms with van der Waals surface area (Å²) in [5.74, 6) is 1.09. The van der Waals surface area contributed by atoms with Crippen LogP contribution in [-0.2, 0) is 5.54 Å². The molecule has 0 radical (unpaired) electrons. The van der Waals surface area contributed by atoms with E-state index in [0.717, 1.165) is 33.4 Å². The predicted molar refractivity (Wildman–Crippen MR) is 109 cm³/mol. The molecule has 0 atom stereocenters. The van der Waals surface area contributed by atoms with E-state index >= 15 is 4.39 Å². The Labute approximate surface area is 167 Å². The van der Waals surface area contributed by atoms with Crippen molar-refractivity contribution in [3.8, 4) is 22.9 Å². The van der Waals surface area contributed by atoms with Crippen LogP contribution in [0.2, 0.25) is 0 Å². The summed E-state index contributed by atoms with van der Waals surface area (Å²) in [6.07, 6.45) is 1.82. The Kier molecular flexibility index (Phi) is 3.41. The van der Waals surface area contributed by atoms with Crippen molar-refractivity contribution in [1.82, 2.24) is 19.7 Å². The Hall–Kier alpha value is -3.66. The largest absolute Gasteiger partial charge is 0.369 e. The molecular weight excluding hydrogens is 367 g/mol. The molecule has 0 spiro atoms. The van der Waals surface area contributed by atoms with Crippen molar-refractivity contribution in [1.29, 1.82) is 5.26 Å². The van der Waals surface area contributed by atoms with E-state index in [4.69, 9.17) is 0 Å². The number of nitriles is 1. The third kappa shape index (κ3) is 2.32. The van der Waals surface area contributed by atoms with E-state index in [1.54, 1.807) is 12.1 Å². The van der Waals surface area contributed by atoms with Crippen molar-refractivity contribution in [2.75, 3.05) is 5.32 Å². The minimum atomic E-state index is -0.558. The topological polar surface area (TPSA) is 82.3 Å². The van der Waals surface area contributed by atoms with Gasteiger partial charge in [0.2, 0.25) is 0 Å². The van der Waals surface area contributed by atoms with Crippen molar-refractivity contribution in [2.45, 2.75) is 33.2 Å². The quantitative estimate of drug-likeness (QED) is 0.497. The molecule has 7 heteroatoms. The molecule has 0 bridgehead atoms. The van der Waals surface area contributed by atoms with E-state index in [2.05, 4.69) is 26.6 Å². The molecule has 0 fully saturated rings.